The van der Waals surface area contributed by atoms with Crippen LogP contribution in [-0.2, 0) is 6.54 Å². The summed E-state index contributed by atoms with van der Waals surface area (Å²) in [6.45, 7) is 4.51. The van der Waals surface area contributed by atoms with Gasteiger partial charge in [0, 0.05) is 12.2 Å². The minimum Gasteiger partial charge on any atom is -0.493 e. The first-order valence-electron chi connectivity index (χ1n) is 9.30. The highest BCUT2D eigenvalue weighted by atomic mass is 16.5. The molecule has 0 bridgehead atoms. The second kappa shape index (κ2) is 9.10. The van der Waals surface area contributed by atoms with Crippen LogP contribution in [-0.4, -0.2) is 25.1 Å². The van der Waals surface area contributed by atoms with Crippen LogP contribution < -0.4 is 20.1 Å². The van der Waals surface area contributed by atoms with Gasteiger partial charge < -0.3 is 20.1 Å². The molecule has 29 heavy (non-hydrogen) atoms. The van der Waals surface area contributed by atoms with E-state index in [1.165, 1.54) is 11.1 Å². The molecule has 3 aromatic rings. The first kappa shape index (κ1) is 20.2. The highest BCUT2D eigenvalue weighted by molar-refractivity contribution is 5.92. The van der Waals surface area contributed by atoms with Crippen LogP contribution >= 0.6 is 0 Å². The van der Waals surface area contributed by atoms with Gasteiger partial charge in [-0.25, -0.2) is 4.98 Å². The third-order valence-corrected chi connectivity index (χ3v) is 4.78. The summed E-state index contributed by atoms with van der Waals surface area (Å²) in [7, 11) is 3.17. The number of hydrogen-bond donors (Lipinski definition) is 2. The lowest BCUT2D eigenvalue weighted by Gasteiger charge is -2.12. The maximum atomic E-state index is 12.4. The zero-order valence-electron chi connectivity index (χ0n) is 17.1. The van der Waals surface area contributed by atoms with E-state index in [9.17, 15) is 4.79 Å². The van der Waals surface area contributed by atoms with Crippen molar-refractivity contribution in [3.63, 3.8) is 0 Å². The Bertz CT molecular complexity index is 1000. The molecule has 2 N–H and O–H groups in total. The highest BCUT2D eigenvalue weighted by Gasteiger charge is 2.09. The van der Waals surface area contributed by atoms with E-state index in [1.54, 1.807) is 26.5 Å². The molecule has 0 aliphatic rings. The smallest absolute Gasteiger partial charge is 0.270 e. The largest absolute Gasteiger partial charge is 0.493 e. The van der Waals surface area contributed by atoms with E-state index in [1.807, 2.05) is 36.4 Å². The zero-order valence-corrected chi connectivity index (χ0v) is 17.1. The molecule has 6 nitrogen and oxygen atoms in total. The Hall–Kier alpha value is -3.54. The Morgan fingerprint density at radius 3 is 2.48 bits per heavy atom. The van der Waals surface area contributed by atoms with Crippen molar-refractivity contribution in [1.82, 2.24) is 10.3 Å². The Morgan fingerprint density at radius 1 is 1.00 bits per heavy atom. The number of pyridine rings is 1. The number of amides is 1. The first-order valence-corrected chi connectivity index (χ1v) is 9.30. The van der Waals surface area contributed by atoms with E-state index in [4.69, 9.17) is 9.47 Å². The van der Waals surface area contributed by atoms with Crippen LogP contribution in [0.5, 0.6) is 11.5 Å². The molecule has 0 aliphatic heterocycles. The number of aryl methyl sites for hydroxylation is 1. The van der Waals surface area contributed by atoms with E-state index in [0.717, 1.165) is 16.9 Å². The fourth-order valence-electron chi connectivity index (χ4n) is 2.91. The Kier molecular flexibility index (Phi) is 6.34. The van der Waals surface area contributed by atoms with E-state index in [-0.39, 0.29) is 5.91 Å². The van der Waals surface area contributed by atoms with Crippen LogP contribution in [0.3, 0.4) is 0 Å². The lowest BCUT2D eigenvalue weighted by molar-refractivity contribution is 0.0946. The predicted octanol–water partition coefficient (Wildman–Crippen LogP) is 4.39. The number of hydrogen-bond acceptors (Lipinski definition) is 5. The van der Waals surface area contributed by atoms with Crippen LogP contribution in [0.2, 0.25) is 0 Å². The summed E-state index contributed by atoms with van der Waals surface area (Å²) < 4.78 is 10.5. The molecule has 0 aliphatic carbocycles. The second-order valence-electron chi connectivity index (χ2n) is 6.68. The monoisotopic (exact) mass is 391 g/mol. The van der Waals surface area contributed by atoms with Crippen molar-refractivity contribution in [3.8, 4) is 11.5 Å². The summed E-state index contributed by atoms with van der Waals surface area (Å²) in [6, 6.07) is 15.2. The van der Waals surface area contributed by atoms with Crippen LogP contribution in [0, 0.1) is 13.8 Å². The van der Waals surface area contributed by atoms with Crippen molar-refractivity contribution in [2.24, 2.45) is 0 Å². The molecule has 0 fully saturated rings. The minimum atomic E-state index is -0.238. The number of rotatable bonds is 7. The Labute approximate surface area is 170 Å². The van der Waals surface area contributed by atoms with Crippen molar-refractivity contribution < 1.29 is 14.3 Å². The number of anilines is 2. The van der Waals surface area contributed by atoms with E-state index >= 15 is 0 Å². The van der Waals surface area contributed by atoms with Gasteiger partial charge in [0.15, 0.2) is 11.5 Å². The predicted molar refractivity (Wildman–Crippen MR) is 114 cm³/mol. The third-order valence-electron chi connectivity index (χ3n) is 4.78. The molecular formula is C23H25N3O3. The molecule has 1 heterocycles. The second-order valence-corrected chi connectivity index (χ2v) is 6.68. The first-order chi connectivity index (χ1) is 14.0. The van der Waals surface area contributed by atoms with E-state index in [0.29, 0.717) is 23.7 Å². The normalized spacial score (nSPS) is 10.3. The van der Waals surface area contributed by atoms with Gasteiger partial charge in [-0.2, -0.15) is 0 Å². The number of ether oxygens (including phenoxy) is 2. The summed E-state index contributed by atoms with van der Waals surface area (Å²) in [5.74, 6) is 1.04. The Balaban J connectivity index is 1.62. The van der Waals surface area contributed by atoms with Crippen molar-refractivity contribution >= 4 is 17.3 Å². The number of aromatic nitrogens is 1. The molecule has 1 aromatic heterocycles. The summed E-state index contributed by atoms with van der Waals surface area (Å²) in [5.41, 5.74) is 5.52. The highest BCUT2D eigenvalue weighted by Crippen LogP contribution is 2.27. The van der Waals surface area contributed by atoms with Crippen LogP contribution in [0.15, 0.2) is 54.7 Å². The van der Waals surface area contributed by atoms with Crippen LogP contribution in [0.1, 0.15) is 27.2 Å². The molecule has 2 aromatic carbocycles. The molecule has 0 saturated carbocycles. The number of carbonyl (C=O) groups excluding carboxylic acids is 1. The molecule has 0 saturated heterocycles. The quantitative estimate of drug-likeness (QED) is 0.625. The number of nitrogens with zero attached hydrogens (tertiary/aromatic N) is 1. The molecule has 150 valence electrons. The molecule has 3 rings (SSSR count). The molecule has 6 heteroatoms. The van der Waals surface area contributed by atoms with E-state index < -0.39 is 0 Å². The van der Waals surface area contributed by atoms with Crippen molar-refractivity contribution in [2.45, 2.75) is 20.4 Å². The fourth-order valence-corrected chi connectivity index (χ4v) is 2.91. The van der Waals surface area contributed by atoms with Gasteiger partial charge in [0.25, 0.3) is 5.91 Å². The standard InChI is InChI=1S/C23H25N3O3/c1-15-6-5-7-19(16(15)2)26-18-9-10-20(24-14-18)23(27)25-13-17-8-11-21(28-3)22(12-17)29-4/h5-12,14,26H,13H2,1-4H3,(H,25,27). The van der Waals surface area contributed by atoms with Gasteiger partial charge in [-0.3, -0.25) is 4.79 Å². The summed E-state index contributed by atoms with van der Waals surface area (Å²) in [6.07, 6.45) is 1.66. The number of nitrogens with one attached hydrogen (secondary N) is 2. The van der Waals surface area contributed by atoms with Gasteiger partial charge in [-0.15, -0.1) is 0 Å². The van der Waals surface area contributed by atoms with Gasteiger partial charge >= 0.3 is 0 Å². The van der Waals surface area contributed by atoms with Gasteiger partial charge in [-0.1, -0.05) is 18.2 Å². The average molecular weight is 391 g/mol. The lowest BCUT2D eigenvalue weighted by atomic mass is 10.1. The molecule has 0 radical (unpaired) electrons. The van der Waals surface area contributed by atoms with E-state index in [2.05, 4.69) is 35.5 Å². The lowest BCUT2D eigenvalue weighted by Crippen LogP contribution is -2.23. The van der Waals surface area contributed by atoms with Crippen molar-refractivity contribution in [3.05, 3.63) is 77.1 Å². The van der Waals surface area contributed by atoms with Crippen LogP contribution in [0.25, 0.3) is 0 Å². The van der Waals surface area contributed by atoms with Gasteiger partial charge in [-0.05, 0) is 60.9 Å². The molecule has 0 atom stereocenters. The summed E-state index contributed by atoms with van der Waals surface area (Å²) in [5, 5.41) is 6.21. The van der Waals surface area contributed by atoms with Crippen molar-refractivity contribution in [1.29, 1.82) is 0 Å². The maximum Gasteiger partial charge on any atom is 0.270 e. The molecule has 1 amide bonds. The SMILES string of the molecule is COc1ccc(CNC(=O)c2ccc(Nc3cccc(C)c3C)cn2)cc1OC. The van der Waals surface area contributed by atoms with Gasteiger partial charge in [0.1, 0.15) is 5.69 Å². The molecule has 0 unspecified atom stereocenters. The zero-order chi connectivity index (χ0) is 20.8. The van der Waals surface area contributed by atoms with Crippen LogP contribution in [0.4, 0.5) is 11.4 Å². The third kappa shape index (κ3) is 4.85. The molecule has 0 spiro atoms. The Morgan fingerprint density at radius 2 is 1.79 bits per heavy atom. The van der Waals surface area contributed by atoms with Crippen molar-refractivity contribution in [2.75, 3.05) is 19.5 Å². The number of methoxy groups -OCH3 is 2. The fraction of sp³-hybridized carbons (Fsp3) is 0.217. The summed E-state index contributed by atoms with van der Waals surface area (Å²) >= 11 is 0. The van der Waals surface area contributed by atoms with Gasteiger partial charge in [0.05, 0.1) is 26.1 Å². The maximum absolute atomic E-state index is 12.4. The number of carbonyl (C=O) groups is 1. The topological polar surface area (TPSA) is 72.5 Å². The van der Waals surface area contributed by atoms with Gasteiger partial charge in [0.2, 0.25) is 0 Å². The molecular weight excluding hydrogens is 366 g/mol. The average Bonchev–Trinajstić information content (AvgIpc) is 2.75. The minimum absolute atomic E-state index is 0.238. The summed E-state index contributed by atoms with van der Waals surface area (Å²) in [4.78, 5) is 16.7. The number of benzene rings is 2.